The van der Waals surface area contributed by atoms with Crippen LogP contribution < -0.4 is 10.6 Å². The molecule has 1 atom stereocenters. The van der Waals surface area contributed by atoms with E-state index in [1.165, 1.54) is 18.2 Å². The van der Waals surface area contributed by atoms with Crippen molar-refractivity contribution in [2.24, 2.45) is 10.2 Å². The Bertz CT molecular complexity index is 1060. The van der Waals surface area contributed by atoms with Crippen molar-refractivity contribution in [2.45, 2.75) is 37.9 Å². The van der Waals surface area contributed by atoms with E-state index in [4.69, 9.17) is 0 Å². The first kappa shape index (κ1) is 23.1. The van der Waals surface area contributed by atoms with Crippen molar-refractivity contribution in [3.8, 4) is 0 Å². The highest BCUT2D eigenvalue weighted by Gasteiger charge is 2.30. The molecule has 1 saturated heterocycles. The molecule has 0 spiro atoms. The summed E-state index contributed by atoms with van der Waals surface area (Å²) < 4.78 is 0. The number of unbranched alkanes of at least 4 members (excludes halogenated alkanes) is 1. The molecular formula is C22H23N5O4S. The zero-order chi connectivity index (χ0) is 22.9. The number of hydrogen-bond donors (Lipinski definition) is 2. The van der Waals surface area contributed by atoms with Crippen molar-refractivity contribution < 1.29 is 14.5 Å². The van der Waals surface area contributed by atoms with Crippen molar-refractivity contribution >= 4 is 45.8 Å². The number of carbonyl (C=O) groups is 2. The molecule has 1 heterocycles. The summed E-state index contributed by atoms with van der Waals surface area (Å²) >= 11 is 1.10. The Morgan fingerprint density at radius 1 is 1.25 bits per heavy atom. The zero-order valence-corrected chi connectivity index (χ0v) is 18.3. The molecule has 2 aromatic carbocycles. The van der Waals surface area contributed by atoms with Gasteiger partial charge in [-0.25, -0.2) is 0 Å². The van der Waals surface area contributed by atoms with Gasteiger partial charge in [0.05, 0.1) is 10.6 Å². The summed E-state index contributed by atoms with van der Waals surface area (Å²) in [5.74, 6) is -0.775. The highest BCUT2D eigenvalue weighted by atomic mass is 32.2. The van der Waals surface area contributed by atoms with E-state index in [0.717, 1.165) is 42.3 Å². The van der Waals surface area contributed by atoms with Crippen molar-refractivity contribution in [1.29, 1.82) is 0 Å². The fourth-order valence-electron chi connectivity index (χ4n) is 2.99. The summed E-state index contributed by atoms with van der Waals surface area (Å²) in [4.78, 5) is 35.2. The number of hydrogen-bond acceptors (Lipinski definition) is 7. The molecule has 2 aromatic rings. The number of nitrogens with zero attached hydrogens (tertiary/aromatic N) is 3. The van der Waals surface area contributed by atoms with Crippen molar-refractivity contribution in [2.75, 3.05) is 5.32 Å². The Balaban J connectivity index is 1.74. The first-order chi connectivity index (χ1) is 15.5. The third-order valence-electron chi connectivity index (χ3n) is 4.62. The molecule has 0 bridgehead atoms. The predicted octanol–water partition coefficient (Wildman–Crippen LogP) is 4.11. The third kappa shape index (κ3) is 6.48. The predicted molar refractivity (Wildman–Crippen MR) is 126 cm³/mol. The maximum absolute atomic E-state index is 12.7. The second kappa shape index (κ2) is 11.2. The minimum atomic E-state index is -0.729. The van der Waals surface area contributed by atoms with Gasteiger partial charge in [-0.05, 0) is 24.5 Å². The second-order valence-electron chi connectivity index (χ2n) is 7.08. The van der Waals surface area contributed by atoms with Crippen LogP contribution in [0, 0.1) is 10.1 Å². The Kier molecular flexibility index (Phi) is 8.09. The number of nitro groups is 1. The first-order valence-corrected chi connectivity index (χ1v) is 11.1. The summed E-state index contributed by atoms with van der Waals surface area (Å²) in [5.41, 5.74) is 1.92. The minimum Gasteiger partial charge on any atom is -0.325 e. The molecule has 0 aromatic heterocycles. The normalized spacial score (nSPS) is 17.7. The maximum atomic E-state index is 12.7. The van der Waals surface area contributed by atoms with E-state index in [1.807, 2.05) is 30.3 Å². The molecule has 10 heteroatoms. The molecule has 1 aliphatic heterocycles. The lowest BCUT2D eigenvalue weighted by molar-refractivity contribution is -0.384. The fraction of sp³-hybridized carbons (Fsp3) is 0.273. The highest BCUT2D eigenvalue weighted by Crippen LogP contribution is 2.24. The smallest absolute Gasteiger partial charge is 0.271 e. The zero-order valence-electron chi connectivity index (χ0n) is 17.5. The van der Waals surface area contributed by atoms with Gasteiger partial charge in [-0.15, -0.1) is 5.10 Å². The fourth-order valence-corrected chi connectivity index (χ4v) is 3.92. The van der Waals surface area contributed by atoms with Crippen molar-refractivity contribution in [1.82, 2.24) is 5.32 Å². The molecular weight excluding hydrogens is 430 g/mol. The van der Waals surface area contributed by atoms with Crippen LogP contribution in [0.5, 0.6) is 0 Å². The largest absolute Gasteiger partial charge is 0.325 e. The minimum absolute atomic E-state index is 0.0322. The lowest BCUT2D eigenvalue weighted by atomic mass is 10.1. The van der Waals surface area contributed by atoms with E-state index in [9.17, 15) is 19.7 Å². The summed E-state index contributed by atoms with van der Waals surface area (Å²) in [5, 5.41) is 24.3. The summed E-state index contributed by atoms with van der Waals surface area (Å²) in [7, 11) is 0. The summed E-state index contributed by atoms with van der Waals surface area (Å²) in [6.07, 6.45) is 2.67. The Morgan fingerprint density at radius 2 is 2.03 bits per heavy atom. The van der Waals surface area contributed by atoms with E-state index >= 15 is 0 Å². The van der Waals surface area contributed by atoms with E-state index in [-0.39, 0.29) is 23.2 Å². The van der Waals surface area contributed by atoms with Gasteiger partial charge in [0.15, 0.2) is 5.17 Å². The number of nitro benzene ring substituents is 1. The first-order valence-electron chi connectivity index (χ1n) is 10.2. The van der Waals surface area contributed by atoms with Crippen LogP contribution in [0.3, 0.4) is 0 Å². The number of carbonyl (C=O) groups excluding carboxylic acids is 2. The van der Waals surface area contributed by atoms with Gasteiger partial charge in [-0.3, -0.25) is 19.7 Å². The van der Waals surface area contributed by atoms with Crippen LogP contribution >= 0.6 is 11.8 Å². The van der Waals surface area contributed by atoms with Gasteiger partial charge in [-0.2, -0.15) is 5.10 Å². The molecule has 0 saturated carbocycles. The average molecular weight is 454 g/mol. The Morgan fingerprint density at radius 3 is 2.75 bits per heavy atom. The quantitative estimate of drug-likeness (QED) is 0.353. The highest BCUT2D eigenvalue weighted by molar-refractivity contribution is 8.15. The molecule has 2 amide bonds. The van der Waals surface area contributed by atoms with Crippen LogP contribution in [-0.2, 0) is 9.59 Å². The summed E-state index contributed by atoms with van der Waals surface area (Å²) in [6, 6.07) is 15.3. The molecule has 2 N–H and O–H groups in total. The number of amides is 2. The van der Waals surface area contributed by atoms with E-state index in [2.05, 4.69) is 27.8 Å². The molecule has 0 unspecified atom stereocenters. The van der Waals surface area contributed by atoms with Gasteiger partial charge in [0.1, 0.15) is 5.25 Å². The van der Waals surface area contributed by atoms with Crippen LogP contribution in [0.2, 0.25) is 0 Å². The van der Waals surface area contributed by atoms with Crippen LogP contribution in [0.25, 0.3) is 0 Å². The third-order valence-corrected chi connectivity index (χ3v) is 5.70. The van der Waals surface area contributed by atoms with E-state index in [0.29, 0.717) is 5.69 Å². The van der Waals surface area contributed by atoms with Crippen LogP contribution in [0.15, 0.2) is 64.8 Å². The lowest BCUT2D eigenvalue weighted by Crippen LogP contribution is -2.41. The van der Waals surface area contributed by atoms with Gasteiger partial charge in [0, 0.05) is 24.2 Å². The molecule has 0 aliphatic carbocycles. The lowest BCUT2D eigenvalue weighted by Gasteiger charge is -2.21. The number of nitrogens with one attached hydrogen (secondary N) is 2. The van der Waals surface area contributed by atoms with Crippen LogP contribution in [-0.4, -0.2) is 32.9 Å². The van der Waals surface area contributed by atoms with Crippen molar-refractivity contribution in [3.63, 3.8) is 0 Å². The van der Waals surface area contributed by atoms with Crippen molar-refractivity contribution in [3.05, 3.63) is 70.3 Å². The topological polar surface area (TPSA) is 126 Å². The average Bonchev–Trinajstić information content (AvgIpc) is 2.79. The van der Waals surface area contributed by atoms with Gasteiger partial charge in [0.2, 0.25) is 11.8 Å². The number of anilines is 1. The number of amidine groups is 1. The molecule has 166 valence electrons. The van der Waals surface area contributed by atoms with Gasteiger partial charge < -0.3 is 10.6 Å². The Labute approximate surface area is 189 Å². The van der Waals surface area contributed by atoms with Gasteiger partial charge >= 0.3 is 0 Å². The molecule has 1 aliphatic rings. The SMILES string of the molecule is CCCC/C(=N\N=C1/NC(=O)C[C@@H](C(=O)Nc2cccc([N+](=O)[O-])c2)S1)c1ccccc1. The molecule has 32 heavy (non-hydrogen) atoms. The number of non-ortho nitro benzene ring substituents is 1. The molecule has 9 nitrogen and oxygen atoms in total. The second-order valence-corrected chi connectivity index (χ2v) is 8.27. The molecule has 1 fully saturated rings. The van der Waals surface area contributed by atoms with Crippen LogP contribution in [0.1, 0.15) is 38.2 Å². The Hall–Kier alpha value is -3.53. The molecule has 0 radical (unpaired) electrons. The maximum Gasteiger partial charge on any atom is 0.271 e. The number of rotatable bonds is 8. The number of thioether (sulfide) groups is 1. The standard InChI is InChI=1S/C22H23N5O4S/c1-2-3-12-18(15-8-5-4-6-9-15)25-26-22-24-20(28)14-19(32-22)21(29)23-16-10-7-11-17(13-16)27(30)31/h4-11,13,19H,2-3,12,14H2,1H3,(H,23,29)(H,24,26,28)/b25-18+/t19-/m0/s1. The number of benzene rings is 2. The van der Waals surface area contributed by atoms with E-state index < -0.39 is 16.1 Å². The van der Waals surface area contributed by atoms with Crippen LogP contribution in [0.4, 0.5) is 11.4 Å². The monoisotopic (exact) mass is 453 g/mol. The summed E-state index contributed by atoms with van der Waals surface area (Å²) in [6.45, 7) is 2.09. The van der Waals surface area contributed by atoms with Gasteiger partial charge in [0.25, 0.3) is 5.69 Å². The van der Waals surface area contributed by atoms with Gasteiger partial charge in [-0.1, -0.05) is 61.5 Å². The molecule has 3 rings (SSSR count). The van der Waals surface area contributed by atoms with E-state index in [1.54, 1.807) is 6.07 Å².